The highest BCUT2D eigenvalue weighted by molar-refractivity contribution is 6.25. The van der Waals surface area contributed by atoms with E-state index < -0.39 is 0 Å². The molecule has 0 aliphatic heterocycles. The maximum Gasteiger partial charge on any atom is 0.0541 e. The summed E-state index contributed by atoms with van der Waals surface area (Å²) < 4.78 is 2.51. The van der Waals surface area contributed by atoms with Crippen LogP contribution in [0.3, 0.4) is 0 Å². The molecule has 1 heterocycles. The van der Waals surface area contributed by atoms with Gasteiger partial charge in [0.05, 0.1) is 11.0 Å². The van der Waals surface area contributed by atoms with Gasteiger partial charge in [0.25, 0.3) is 0 Å². The second kappa shape index (κ2) is 14.0. The Labute approximate surface area is 384 Å². The Morgan fingerprint density at radius 2 is 0.924 bits per heavy atom. The molecule has 0 saturated carbocycles. The van der Waals surface area contributed by atoms with E-state index in [2.05, 4.69) is 237 Å². The normalized spacial score (nSPS) is 14.7. The van der Waals surface area contributed by atoms with Gasteiger partial charge < -0.3 is 4.57 Å². The third kappa shape index (κ3) is 5.41. The van der Waals surface area contributed by atoms with Crippen molar-refractivity contribution >= 4 is 54.1 Å². The summed E-state index contributed by atoms with van der Waals surface area (Å²) in [5.74, 6) is 0.182. The summed E-state index contributed by atoms with van der Waals surface area (Å²) in [5.41, 5.74) is 20.8. The third-order valence-electron chi connectivity index (χ3n) is 15.3. The fourth-order valence-corrected chi connectivity index (χ4v) is 12.1. The van der Waals surface area contributed by atoms with Crippen molar-refractivity contribution in [2.45, 2.75) is 31.6 Å². The lowest BCUT2D eigenvalue weighted by atomic mass is 9.73. The number of nitrogens with zero attached hydrogens (tertiary/aromatic N) is 1. The number of hydrogen-bond donors (Lipinski definition) is 0. The molecule has 1 atom stereocenters. The molecule has 0 amide bonds. The number of benzene rings is 11. The van der Waals surface area contributed by atoms with Crippen LogP contribution in [0.2, 0.25) is 0 Å². The van der Waals surface area contributed by atoms with Crippen molar-refractivity contribution in [3.05, 3.63) is 246 Å². The average Bonchev–Trinajstić information content (AvgIpc) is 3.82. The van der Waals surface area contributed by atoms with Gasteiger partial charge in [0, 0.05) is 27.8 Å². The Kier molecular flexibility index (Phi) is 7.93. The van der Waals surface area contributed by atoms with Crippen LogP contribution in [0, 0.1) is 0 Å². The van der Waals surface area contributed by atoms with Crippen molar-refractivity contribution in [1.29, 1.82) is 0 Å². The standard InChI is InChI=1S/C65H45N/c1-65(2)61-24-14-13-23-53(61)58-39-55-45(37-62(58)65)36-54(44-25-29-51-49-21-10-9-19-47(49)48-20-11-12-22-50(48)56(51)35-44)52-30-28-46(38-57(52)55)66-63-31-26-42(40-15-5-3-6-16-40)33-59(63)60-34-43(27-32-64(60)66)41-17-7-4-8-18-41/h3-35,37-39,54H,36H2,1-2H3. The van der Waals surface area contributed by atoms with E-state index in [9.17, 15) is 0 Å². The van der Waals surface area contributed by atoms with Crippen LogP contribution in [-0.4, -0.2) is 4.57 Å². The van der Waals surface area contributed by atoms with Gasteiger partial charge in [-0.05, 0) is 160 Å². The van der Waals surface area contributed by atoms with Gasteiger partial charge in [-0.2, -0.15) is 0 Å². The zero-order chi connectivity index (χ0) is 43.7. The molecule has 0 N–H and O–H groups in total. The first-order chi connectivity index (χ1) is 32.5. The zero-order valence-corrected chi connectivity index (χ0v) is 37.0. The maximum atomic E-state index is 2.58. The first-order valence-electron chi connectivity index (χ1n) is 23.4. The minimum Gasteiger partial charge on any atom is -0.309 e. The summed E-state index contributed by atoms with van der Waals surface area (Å²) in [6.45, 7) is 4.81. The molecule has 0 bridgehead atoms. The summed E-state index contributed by atoms with van der Waals surface area (Å²) in [7, 11) is 0. The van der Waals surface area contributed by atoms with Crippen LogP contribution in [-0.2, 0) is 11.8 Å². The van der Waals surface area contributed by atoms with Gasteiger partial charge in [-0.3, -0.25) is 0 Å². The SMILES string of the molecule is CC1(C)c2ccccc2-c2cc3c(cc21)CC(c1ccc2c4ccccc4c4ccccc4c2c1)c1ccc(-n2c4ccc(-c5ccccc5)cc4c4cc(-c5ccccc5)ccc42)cc1-3. The molecule has 1 nitrogen and oxygen atoms in total. The average molecular weight is 840 g/mol. The van der Waals surface area contributed by atoms with Crippen LogP contribution in [0.1, 0.15) is 47.6 Å². The van der Waals surface area contributed by atoms with Crippen molar-refractivity contribution in [2.75, 3.05) is 0 Å². The number of rotatable bonds is 4. The number of hydrogen-bond acceptors (Lipinski definition) is 0. The summed E-state index contributed by atoms with van der Waals surface area (Å²) in [6, 6.07) is 82.4. The van der Waals surface area contributed by atoms with E-state index in [1.165, 1.54) is 132 Å². The van der Waals surface area contributed by atoms with Crippen molar-refractivity contribution in [3.8, 4) is 50.2 Å². The summed E-state index contributed by atoms with van der Waals surface area (Å²) in [4.78, 5) is 0. The molecule has 310 valence electrons. The highest BCUT2D eigenvalue weighted by atomic mass is 15.0. The Bertz CT molecular complexity index is 3850. The second-order valence-corrected chi connectivity index (χ2v) is 19.2. The molecular formula is C65H45N. The van der Waals surface area contributed by atoms with Crippen LogP contribution in [0.15, 0.2) is 218 Å². The zero-order valence-electron chi connectivity index (χ0n) is 37.0. The van der Waals surface area contributed by atoms with E-state index in [1.807, 2.05) is 0 Å². The highest BCUT2D eigenvalue weighted by Crippen LogP contribution is 2.54. The molecule has 0 saturated heterocycles. The molecule has 1 heteroatoms. The lowest BCUT2D eigenvalue weighted by molar-refractivity contribution is 0.658. The van der Waals surface area contributed by atoms with E-state index in [4.69, 9.17) is 0 Å². The molecule has 11 aromatic carbocycles. The Balaban J connectivity index is 1.01. The Morgan fingerprint density at radius 1 is 0.364 bits per heavy atom. The quantitative estimate of drug-likeness (QED) is 0.156. The first-order valence-corrected chi connectivity index (χ1v) is 23.4. The Morgan fingerprint density at radius 3 is 1.56 bits per heavy atom. The minimum atomic E-state index is -0.0817. The lowest BCUT2D eigenvalue weighted by Gasteiger charge is -2.31. The van der Waals surface area contributed by atoms with Crippen LogP contribution >= 0.6 is 0 Å². The monoisotopic (exact) mass is 839 g/mol. The third-order valence-corrected chi connectivity index (χ3v) is 15.3. The summed E-state index contributed by atoms with van der Waals surface area (Å²) in [5, 5.41) is 10.4. The van der Waals surface area contributed by atoms with Crippen molar-refractivity contribution in [3.63, 3.8) is 0 Å². The van der Waals surface area contributed by atoms with Gasteiger partial charge >= 0.3 is 0 Å². The van der Waals surface area contributed by atoms with E-state index in [0.29, 0.717) is 0 Å². The second-order valence-electron chi connectivity index (χ2n) is 19.2. The van der Waals surface area contributed by atoms with Crippen LogP contribution < -0.4 is 0 Å². The van der Waals surface area contributed by atoms with E-state index in [0.717, 1.165) is 6.42 Å². The van der Waals surface area contributed by atoms with E-state index >= 15 is 0 Å². The summed E-state index contributed by atoms with van der Waals surface area (Å²) in [6.07, 6.45) is 0.943. The largest absolute Gasteiger partial charge is 0.309 e. The molecule has 1 unspecified atom stereocenters. The molecule has 12 aromatic rings. The van der Waals surface area contributed by atoms with Crippen molar-refractivity contribution < 1.29 is 0 Å². The number of aromatic nitrogens is 1. The molecule has 2 aliphatic carbocycles. The summed E-state index contributed by atoms with van der Waals surface area (Å²) >= 11 is 0. The number of fused-ring (bicyclic) bond motifs is 15. The van der Waals surface area contributed by atoms with Crippen molar-refractivity contribution in [1.82, 2.24) is 4.57 Å². The van der Waals surface area contributed by atoms with Gasteiger partial charge in [0.2, 0.25) is 0 Å². The smallest absolute Gasteiger partial charge is 0.0541 e. The molecule has 0 spiro atoms. The van der Waals surface area contributed by atoms with Crippen LogP contribution in [0.5, 0.6) is 0 Å². The molecule has 0 fully saturated rings. The fraction of sp³-hybridized carbons (Fsp3) is 0.0769. The maximum absolute atomic E-state index is 2.58. The lowest BCUT2D eigenvalue weighted by Crippen LogP contribution is -2.17. The van der Waals surface area contributed by atoms with Crippen LogP contribution in [0.25, 0.3) is 104 Å². The molecule has 14 rings (SSSR count). The minimum absolute atomic E-state index is 0.0817. The molecule has 0 radical (unpaired) electrons. The van der Waals surface area contributed by atoms with E-state index in [-0.39, 0.29) is 11.3 Å². The Hall–Kier alpha value is -8.00. The van der Waals surface area contributed by atoms with Gasteiger partial charge in [0.15, 0.2) is 0 Å². The van der Waals surface area contributed by atoms with Gasteiger partial charge in [-0.1, -0.05) is 184 Å². The van der Waals surface area contributed by atoms with Crippen molar-refractivity contribution in [2.24, 2.45) is 0 Å². The topological polar surface area (TPSA) is 4.93 Å². The first kappa shape index (κ1) is 37.4. The van der Waals surface area contributed by atoms with Gasteiger partial charge in [-0.15, -0.1) is 0 Å². The van der Waals surface area contributed by atoms with Gasteiger partial charge in [-0.25, -0.2) is 0 Å². The highest BCUT2D eigenvalue weighted by Gasteiger charge is 2.38. The van der Waals surface area contributed by atoms with Crippen LogP contribution in [0.4, 0.5) is 0 Å². The predicted molar refractivity (Wildman–Crippen MR) is 279 cm³/mol. The molecular weight excluding hydrogens is 795 g/mol. The van der Waals surface area contributed by atoms with Gasteiger partial charge in [0.1, 0.15) is 0 Å². The molecule has 1 aromatic heterocycles. The molecule has 2 aliphatic rings. The predicted octanol–water partition coefficient (Wildman–Crippen LogP) is 17.2. The fourth-order valence-electron chi connectivity index (χ4n) is 12.1. The molecule has 66 heavy (non-hydrogen) atoms. The van der Waals surface area contributed by atoms with E-state index in [1.54, 1.807) is 0 Å².